The molecule has 0 amide bonds. The van der Waals surface area contributed by atoms with E-state index < -0.39 is 14.9 Å². The molecule has 2 rings (SSSR count). The second kappa shape index (κ2) is 5.71. The Bertz CT molecular complexity index is 637. The van der Waals surface area contributed by atoms with E-state index in [4.69, 9.17) is 0 Å². The number of benzene rings is 1. The van der Waals surface area contributed by atoms with Gasteiger partial charge in [-0.1, -0.05) is 0 Å². The molecule has 1 aromatic carbocycles. The van der Waals surface area contributed by atoms with E-state index in [-0.39, 0.29) is 10.6 Å². The molecule has 1 aliphatic heterocycles. The minimum absolute atomic E-state index is 0.197. The van der Waals surface area contributed by atoms with Crippen LogP contribution >= 0.6 is 11.8 Å². The smallest absolute Gasteiger partial charge is 0.258 e. The van der Waals surface area contributed by atoms with Crippen LogP contribution in [0.3, 0.4) is 0 Å². The van der Waals surface area contributed by atoms with Gasteiger partial charge in [0.1, 0.15) is 0 Å². The maximum Gasteiger partial charge on any atom is 0.289 e. The summed E-state index contributed by atoms with van der Waals surface area (Å²) in [5, 5.41) is 11.1. The highest BCUT2D eigenvalue weighted by Gasteiger charge is 2.33. The van der Waals surface area contributed by atoms with Crippen molar-refractivity contribution in [2.24, 2.45) is 0 Å². The molecular weight excluding hydrogens is 300 g/mol. The third kappa shape index (κ3) is 2.82. The van der Waals surface area contributed by atoms with E-state index in [0.717, 1.165) is 17.1 Å². The number of hydrogen-bond donors (Lipinski definition) is 0. The van der Waals surface area contributed by atoms with E-state index in [2.05, 4.69) is 0 Å². The van der Waals surface area contributed by atoms with Crippen molar-refractivity contribution in [3.8, 4) is 0 Å². The topological polar surface area (TPSA) is 80.5 Å². The number of nitrogens with zero attached hydrogens (tertiary/aromatic N) is 2. The summed E-state index contributed by atoms with van der Waals surface area (Å²) in [6.07, 6.45) is 0. The van der Waals surface area contributed by atoms with Crippen molar-refractivity contribution in [2.45, 2.75) is 18.7 Å². The molecule has 1 heterocycles. The highest BCUT2D eigenvalue weighted by molar-refractivity contribution is 7.99. The van der Waals surface area contributed by atoms with Gasteiger partial charge in [0.05, 0.1) is 4.92 Å². The lowest BCUT2D eigenvalue weighted by Gasteiger charge is -2.25. The van der Waals surface area contributed by atoms with E-state index in [1.165, 1.54) is 16.4 Å². The van der Waals surface area contributed by atoms with Gasteiger partial charge in [-0.3, -0.25) is 10.1 Å². The molecule has 0 spiro atoms. The van der Waals surface area contributed by atoms with Crippen molar-refractivity contribution in [1.29, 1.82) is 0 Å². The fraction of sp³-hybridized carbons (Fsp3) is 0.500. The molecule has 8 heteroatoms. The van der Waals surface area contributed by atoms with Crippen molar-refractivity contribution < 1.29 is 13.3 Å². The Hall–Kier alpha value is -1.12. The van der Waals surface area contributed by atoms with Gasteiger partial charge >= 0.3 is 0 Å². The van der Waals surface area contributed by atoms with Gasteiger partial charge in [-0.25, -0.2) is 8.42 Å². The number of rotatable bonds is 3. The van der Waals surface area contributed by atoms with Crippen molar-refractivity contribution in [2.75, 3.05) is 24.6 Å². The van der Waals surface area contributed by atoms with Gasteiger partial charge < -0.3 is 0 Å². The monoisotopic (exact) mass is 316 g/mol. The standard InChI is InChI=1S/C12H16N2O4S2/c1-9-7-11(14(15)16)12(8-10(9)2)20(17,18)13-3-5-19-6-4-13/h7-8H,3-6H2,1-2H3. The molecule has 6 nitrogen and oxygen atoms in total. The third-order valence-electron chi connectivity index (χ3n) is 3.36. The average Bonchev–Trinajstić information content (AvgIpc) is 2.42. The molecule has 110 valence electrons. The number of hydrogen-bond acceptors (Lipinski definition) is 5. The van der Waals surface area contributed by atoms with Crippen LogP contribution in [-0.2, 0) is 10.0 Å². The molecule has 0 aromatic heterocycles. The number of nitro benzene ring substituents is 1. The summed E-state index contributed by atoms with van der Waals surface area (Å²) >= 11 is 1.69. The van der Waals surface area contributed by atoms with Crippen LogP contribution < -0.4 is 0 Å². The zero-order chi connectivity index (χ0) is 14.9. The van der Waals surface area contributed by atoms with E-state index in [0.29, 0.717) is 18.7 Å². The summed E-state index contributed by atoms with van der Waals surface area (Å²) < 4.78 is 26.5. The van der Waals surface area contributed by atoms with Gasteiger partial charge in [0, 0.05) is 30.7 Å². The van der Waals surface area contributed by atoms with Crippen molar-refractivity contribution >= 4 is 27.5 Å². The second-order valence-electron chi connectivity index (χ2n) is 4.68. The lowest BCUT2D eigenvalue weighted by atomic mass is 10.1. The first-order valence-corrected chi connectivity index (χ1v) is 8.77. The van der Waals surface area contributed by atoms with Crippen molar-refractivity contribution in [3.05, 3.63) is 33.4 Å². The Labute approximate surface area is 122 Å². The fourth-order valence-electron chi connectivity index (χ4n) is 2.05. The molecule has 0 unspecified atom stereocenters. The second-order valence-corrected chi connectivity index (χ2v) is 7.81. The van der Waals surface area contributed by atoms with Crippen LogP contribution in [0.2, 0.25) is 0 Å². The molecule has 0 aliphatic carbocycles. The van der Waals surface area contributed by atoms with E-state index in [1.807, 2.05) is 0 Å². The van der Waals surface area contributed by atoms with Crippen LogP contribution in [0.5, 0.6) is 0 Å². The molecule has 0 bridgehead atoms. The first kappa shape index (κ1) is 15.3. The van der Waals surface area contributed by atoms with Crippen molar-refractivity contribution in [1.82, 2.24) is 4.31 Å². The Kier molecular flexibility index (Phi) is 4.36. The molecule has 1 fully saturated rings. The predicted molar refractivity (Wildman–Crippen MR) is 78.7 cm³/mol. The highest BCUT2D eigenvalue weighted by atomic mass is 32.2. The van der Waals surface area contributed by atoms with Crippen LogP contribution in [0.1, 0.15) is 11.1 Å². The lowest BCUT2D eigenvalue weighted by Crippen LogP contribution is -2.38. The average molecular weight is 316 g/mol. The summed E-state index contributed by atoms with van der Waals surface area (Å²) in [6, 6.07) is 2.74. The lowest BCUT2D eigenvalue weighted by molar-refractivity contribution is -0.387. The molecule has 0 atom stereocenters. The first-order valence-electron chi connectivity index (χ1n) is 6.17. The van der Waals surface area contributed by atoms with Gasteiger partial charge in [0.25, 0.3) is 5.69 Å². The Morgan fingerprint density at radius 3 is 2.30 bits per heavy atom. The molecule has 0 radical (unpaired) electrons. The quantitative estimate of drug-likeness (QED) is 0.629. The van der Waals surface area contributed by atoms with Crippen LogP contribution in [0.4, 0.5) is 5.69 Å². The number of nitro groups is 1. The minimum Gasteiger partial charge on any atom is -0.258 e. The molecule has 1 aliphatic rings. The van der Waals surface area contributed by atoms with Gasteiger partial charge in [0.2, 0.25) is 10.0 Å². The first-order chi connectivity index (χ1) is 9.34. The molecule has 1 saturated heterocycles. The normalized spacial score (nSPS) is 17.1. The SMILES string of the molecule is Cc1cc([N+](=O)[O-])c(S(=O)(=O)N2CCSCC2)cc1C. The van der Waals surface area contributed by atoms with Gasteiger partial charge in [-0.15, -0.1) is 0 Å². The minimum atomic E-state index is -3.80. The molecule has 20 heavy (non-hydrogen) atoms. The number of sulfonamides is 1. The molecule has 0 saturated carbocycles. The Balaban J connectivity index is 2.55. The third-order valence-corrected chi connectivity index (χ3v) is 6.23. The van der Waals surface area contributed by atoms with Crippen molar-refractivity contribution in [3.63, 3.8) is 0 Å². The summed E-state index contributed by atoms with van der Waals surface area (Å²) in [5.41, 5.74) is 1.11. The van der Waals surface area contributed by atoms with Crippen LogP contribution in [-0.4, -0.2) is 42.2 Å². The Morgan fingerprint density at radius 2 is 1.75 bits per heavy atom. The van der Waals surface area contributed by atoms with Crippen LogP contribution in [0, 0.1) is 24.0 Å². The zero-order valence-corrected chi connectivity index (χ0v) is 13.0. The van der Waals surface area contributed by atoms with Gasteiger partial charge in [-0.05, 0) is 31.0 Å². The summed E-state index contributed by atoms with van der Waals surface area (Å²) in [7, 11) is -3.80. The Morgan fingerprint density at radius 1 is 1.20 bits per heavy atom. The summed E-state index contributed by atoms with van der Waals surface area (Å²) in [6.45, 7) is 4.29. The van der Waals surface area contributed by atoms with Crippen LogP contribution in [0.15, 0.2) is 17.0 Å². The number of aryl methyl sites for hydroxylation is 2. The fourth-order valence-corrected chi connectivity index (χ4v) is 4.85. The maximum absolute atomic E-state index is 12.6. The summed E-state index contributed by atoms with van der Waals surface area (Å²) in [5.74, 6) is 1.44. The van der Waals surface area contributed by atoms with Crippen LogP contribution in [0.25, 0.3) is 0 Å². The van der Waals surface area contributed by atoms with Gasteiger partial charge in [-0.2, -0.15) is 16.1 Å². The molecule has 1 aromatic rings. The van der Waals surface area contributed by atoms with E-state index in [9.17, 15) is 18.5 Å². The zero-order valence-electron chi connectivity index (χ0n) is 11.3. The largest absolute Gasteiger partial charge is 0.289 e. The summed E-state index contributed by atoms with van der Waals surface area (Å²) in [4.78, 5) is 10.3. The highest BCUT2D eigenvalue weighted by Crippen LogP contribution is 2.30. The molecular formula is C12H16N2O4S2. The number of thioether (sulfide) groups is 1. The van der Waals surface area contributed by atoms with E-state index >= 15 is 0 Å². The maximum atomic E-state index is 12.6. The van der Waals surface area contributed by atoms with Gasteiger partial charge in [0.15, 0.2) is 4.90 Å². The molecule has 0 N–H and O–H groups in total. The van der Waals surface area contributed by atoms with E-state index in [1.54, 1.807) is 25.6 Å². The predicted octanol–water partition coefficient (Wildman–Crippen LogP) is 1.95.